The molecule has 1 unspecified atom stereocenters. The Kier molecular flexibility index (Phi) is 8.27. The molecule has 13 aromatic rings. The van der Waals surface area contributed by atoms with Crippen LogP contribution in [0.1, 0.15) is 11.9 Å². The van der Waals surface area contributed by atoms with E-state index in [2.05, 4.69) is 248 Å². The fourth-order valence-corrected chi connectivity index (χ4v) is 10.7. The second kappa shape index (κ2) is 14.5. The van der Waals surface area contributed by atoms with Gasteiger partial charge < -0.3 is 19.0 Å². The lowest BCUT2D eigenvalue weighted by molar-refractivity contribution is 0.417. The van der Waals surface area contributed by atoms with Crippen LogP contribution in [0.2, 0.25) is 0 Å². The second-order valence-corrected chi connectivity index (χ2v) is 16.9. The van der Waals surface area contributed by atoms with E-state index in [1.807, 2.05) is 7.05 Å². The van der Waals surface area contributed by atoms with Gasteiger partial charge in [0.1, 0.15) is 5.84 Å². The molecule has 4 aromatic heterocycles. The fourth-order valence-electron chi connectivity index (χ4n) is 10.7. The number of amidine groups is 1. The number of rotatable bonds is 7. The van der Waals surface area contributed by atoms with Gasteiger partial charge in [-0.25, -0.2) is 0 Å². The Bertz CT molecular complexity index is 4000. The molecule has 1 N–H and O–H groups in total. The Labute approximate surface area is 374 Å². The van der Waals surface area contributed by atoms with Gasteiger partial charge in [-0.3, -0.25) is 14.7 Å². The van der Waals surface area contributed by atoms with Gasteiger partial charge in [0.05, 0.1) is 44.1 Å². The van der Waals surface area contributed by atoms with Gasteiger partial charge >= 0.3 is 0 Å². The number of fused-ring (bicyclic) bond motifs is 13. The van der Waals surface area contributed by atoms with E-state index < -0.39 is 6.29 Å². The van der Waals surface area contributed by atoms with Crippen molar-refractivity contribution in [2.45, 2.75) is 6.29 Å². The van der Waals surface area contributed by atoms with Gasteiger partial charge in [-0.2, -0.15) is 0 Å². The lowest BCUT2D eigenvalue weighted by Crippen LogP contribution is -2.48. The van der Waals surface area contributed by atoms with Gasteiger partial charge in [0.15, 0.2) is 6.29 Å². The predicted octanol–water partition coefficient (Wildman–Crippen LogP) is 13.5. The van der Waals surface area contributed by atoms with Crippen molar-refractivity contribution in [1.29, 1.82) is 0 Å². The number of aromatic nitrogens is 4. The van der Waals surface area contributed by atoms with Crippen molar-refractivity contribution in [3.05, 3.63) is 218 Å². The molecule has 0 saturated heterocycles. The lowest BCUT2D eigenvalue weighted by atomic mass is 10.1. The topological polar surface area (TPSA) is 47.4 Å². The van der Waals surface area contributed by atoms with Crippen LogP contribution >= 0.6 is 0 Å². The molecule has 0 aliphatic carbocycles. The van der Waals surface area contributed by atoms with Crippen LogP contribution in [0.25, 0.3) is 98.6 Å². The highest BCUT2D eigenvalue weighted by Crippen LogP contribution is 2.43. The third-order valence-electron chi connectivity index (χ3n) is 13.4. The Balaban J connectivity index is 1.14. The van der Waals surface area contributed by atoms with Crippen molar-refractivity contribution in [3.8, 4) is 11.4 Å². The van der Waals surface area contributed by atoms with E-state index in [1.165, 1.54) is 54.1 Å². The molecule has 310 valence electrons. The molecule has 1 atom stereocenters. The Morgan fingerprint density at radius 3 is 1.55 bits per heavy atom. The van der Waals surface area contributed by atoms with Gasteiger partial charge in [-0.15, -0.1) is 0 Å². The van der Waals surface area contributed by atoms with Gasteiger partial charge in [0.25, 0.3) is 0 Å². The van der Waals surface area contributed by atoms with Crippen LogP contribution in [-0.2, 0) is 0 Å². The number of aliphatic imine (C=N–C) groups is 1. The van der Waals surface area contributed by atoms with Crippen LogP contribution in [-0.4, -0.2) is 38.3 Å². The highest BCUT2D eigenvalue weighted by Gasteiger charge is 2.29. The highest BCUT2D eigenvalue weighted by atomic mass is 15.6. The number of nitrogens with zero attached hydrogens (tertiary/aromatic N) is 6. The quantitative estimate of drug-likeness (QED) is 0.0987. The smallest absolute Gasteiger partial charge is 0.197 e. The number of benzene rings is 9. The van der Waals surface area contributed by atoms with Crippen molar-refractivity contribution in [3.63, 3.8) is 0 Å². The third-order valence-corrected chi connectivity index (χ3v) is 13.4. The summed E-state index contributed by atoms with van der Waals surface area (Å²) >= 11 is 0. The molecule has 0 spiro atoms. The molecule has 0 radical (unpaired) electrons. The van der Waals surface area contributed by atoms with Crippen molar-refractivity contribution >= 4 is 93.1 Å². The second-order valence-electron chi connectivity index (χ2n) is 16.9. The largest absolute Gasteiger partial charge is 0.331 e. The monoisotopic (exact) mass is 837 g/mol. The molecule has 0 aliphatic rings. The standard InChI is InChI=1S/C58H43N7/c1-59-57(38-20-6-3-7-21-38)60-58(64-49-31-17-12-26-41(49)44-34-35-52-55(56(44)64)45-29-15-18-32-50(45)62(52)39-22-8-4-9-23-39)61(2)65-51-33-19-14-28-43(51)47-36-53-46(37-54(47)65)42-27-13-16-30-48(42)63(53)40-24-10-5-11-25-40/h3-37,58H,1-2H3,(H,59,60). The van der Waals surface area contributed by atoms with Gasteiger partial charge in [0.2, 0.25) is 0 Å². The maximum atomic E-state index is 4.97. The Morgan fingerprint density at radius 2 is 0.908 bits per heavy atom. The number of nitrogens with one attached hydrogen (secondary N) is 1. The van der Waals surface area contributed by atoms with Gasteiger partial charge in [0, 0.05) is 74.1 Å². The minimum absolute atomic E-state index is 0.485. The first-order chi connectivity index (χ1) is 32.2. The first-order valence-electron chi connectivity index (χ1n) is 22.2. The summed E-state index contributed by atoms with van der Waals surface area (Å²) in [4.78, 5) is 4.97. The predicted molar refractivity (Wildman–Crippen MR) is 273 cm³/mol. The summed E-state index contributed by atoms with van der Waals surface area (Å²) in [6.45, 7) is 0. The van der Waals surface area contributed by atoms with Crippen LogP contribution in [0.4, 0.5) is 0 Å². The summed E-state index contributed by atoms with van der Waals surface area (Å²) in [5, 5.41) is 16.0. The molecule has 4 heterocycles. The van der Waals surface area contributed by atoms with Crippen molar-refractivity contribution in [1.82, 2.24) is 23.7 Å². The summed E-state index contributed by atoms with van der Waals surface area (Å²) in [5.74, 6) is 0.793. The van der Waals surface area contributed by atoms with E-state index in [4.69, 9.17) is 4.99 Å². The minimum Gasteiger partial charge on any atom is -0.331 e. The molecule has 0 bridgehead atoms. The van der Waals surface area contributed by atoms with E-state index in [-0.39, 0.29) is 0 Å². The molecular weight excluding hydrogens is 795 g/mol. The number of hydrogen-bond donors (Lipinski definition) is 1. The molecule has 0 amide bonds. The highest BCUT2D eigenvalue weighted by molar-refractivity contribution is 6.26. The molecular formula is C58H43N7. The molecule has 65 heavy (non-hydrogen) atoms. The number of hydrogen-bond acceptors (Lipinski definition) is 2. The zero-order valence-electron chi connectivity index (χ0n) is 36.0. The van der Waals surface area contributed by atoms with Crippen molar-refractivity contribution in [2.24, 2.45) is 4.99 Å². The zero-order valence-corrected chi connectivity index (χ0v) is 36.0. The van der Waals surface area contributed by atoms with E-state index in [0.29, 0.717) is 0 Å². The van der Waals surface area contributed by atoms with Crippen LogP contribution < -0.4 is 10.3 Å². The first kappa shape index (κ1) is 37.0. The first-order valence-corrected chi connectivity index (χ1v) is 22.2. The van der Waals surface area contributed by atoms with Gasteiger partial charge in [-0.1, -0.05) is 146 Å². The zero-order chi connectivity index (χ0) is 43.2. The lowest BCUT2D eigenvalue weighted by Gasteiger charge is -2.35. The van der Waals surface area contributed by atoms with Crippen molar-refractivity contribution < 1.29 is 0 Å². The molecule has 0 fully saturated rings. The van der Waals surface area contributed by atoms with Crippen molar-refractivity contribution in [2.75, 3.05) is 19.1 Å². The SMILES string of the molecule is CN=C(NC(N(C)n1c2ccccc2c2cc3c(cc21)c1ccccc1n3-c1ccccc1)n1c2ccccc2c2ccc3c(c4ccccc4n3-c3ccccc3)c21)c1ccccc1. The van der Waals surface area contributed by atoms with E-state index >= 15 is 0 Å². The summed E-state index contributed by atoms with van der Waals surface area (Å²) < 4.78 is 9.75. The minimum atomic E-state index is -0.485. The third kappa shape index (κ3) is 5.45. The fraction of sp³-hybridized carbons (Fsp3) is 0.0517. The molecule has 9 aromatic carbocycles. The Hall–Kier alpha value is -8.55. The van der Waals surface area contributed by atoms with E-state index in [0.717, 1.165) is 55.9 Å². The molecule has 0 saturated carbocycles. The summed E-state index contributed by atoms with van der Waals surface area (Å²) in [6.07, 6.45) is -0.485. The maximum absolute atomic E-state index is 4.97. The average Bonchev–Trinajstić information content (AvgIpc) is 4.09. The number of para-hydroxylation sites is 6. The molecule has 7 heteroatoms. The van der Waals surface area contributed by atoms with Gasteiger partial charge in [-0.05, 0) is 66.7 Å². The van der Waals surface area contributed by atoms with E-state index in [9.17, 15) is 0 Å². The maximum Gasteiger partial charge on any atom is 0.197 e. The van der Waals surface area contributed by atoms with Crippen LogP contribution in [0, 0.1) is 0 Å². The van der Waals surface area contributed by atoms with Crippen LogP contribution in [0.5, 0.6) is 0 Å². The molecule has 7 nitrogen and oxygen atoms in total. The van der Waals surface area contributed by atoms with Crippen LogP contribution in [0.3, 0.4) is 0 Å². The summed E-state index contributed by atoms with van der Waals surface area (Å²) in [7, 11) is 4.09. The molecule has 0 aliphatic heterocycles. The Morgan fingerprint density at radius 1 is 0.431 bits per heavy atom. The molecule has 13 rings (SSSR count). The average molecular weight is 838 g/mol. The summed E-state index contributed by atoms with van der Waals surface area (Å²) in [5.41, 5.74) is 12.4. The van der Waals surface area contributed by atoms with E-state index in [1.54, 1.807) is 0 Å². The van der Waals surface area contributed by atoms with Crippen LogP contribution in [0.15, 0.2) is 217 Å². The summed E-state index contributed by atoms with van der Waals surface area (Å²) in [6, 6.07) is 76.6. The normalized spacial score (nSPS) is 12.8.